The van der Waals surface area contributed by atoms with E-state index in [-0.39, 0.29) is 0 Å². The molecule has 0 aliphatic carbocycles. The highest BCUT2D eigenvalue weighted by atomic mass is 127. The number of hydrogen-bond acceptors (Lipinski definition) is 2. The molecule has 0 bridgehead atoms. The summed E-state index contributed by atoms with van der Waals surface area (Å²) in [4.78, 5) is 0. The predicted octanol–water partition coefficient (Wildman–Crippen LogP) is 2.85. The SMILES string of the molecule is C[C@@H](CI)[C@@H]1OC(C)(C)OC[C@@H]1C. The molecule has 2 nitrogen and oxygen atoms in total. The second-order valence-corrected chi connectivity index (χ2v) is 5.28. The quantitative estimate of drug-likeness (QED) is 0.576. The van der Waals surface area contributed by atoms with E-state index in [0.717, 1.165) is 11.0 Å². The summed E-state index contributed by atoms with van der Waals surface area (Å²) in [6, 6.07) is 0. The van der Waals surface area contributed by atoms with Crippen LogP contribution in [0.5, 0.6) is 0 Å². The molecule has 1 aliphatic heterocycles. The fourth-order valence-corrected chi connectivity index (χ4v) is 2.17. The van der Waals surface area contributed by atoms with Gasteiger partial charge in [-0.1, -0.05) is 36.4 Å². The Kier molecular flexibility index (Phi) is 4.01. The lowest BCUT2D eigenvalue weighted by atomic mass is 9.94. The first-order chi connectivity index (χ1) is 5.96. The zero-order valence-corrected chi connectivity index (χ0v) is 11.0. The van der Waals surface area contributed by atoms with Crippen LogP contribution in [-0.4, -0.2) is 22.9 Å². The standard InChI is InChI=1S/C10H19IO2/c1-7(5-11)9-8(2)6-12-10(3,4)13-9/h7-9H,5-6H2,1-4H3/t7-,8-,9-/m0/s1. The van der Waals surface area contributed by atoms with Gasteiger partial charge in [0.25, 0.3) is 0 Å². The van der Waals surface area contributed by atoms with Gasteiger partial charge in [0, 0.05) is 10.3 Å². The Balaban J connectivity index is 2.60. The van der Waals surface area contributed by atoms with E-state index in [2.05, 4.69) is 36.4 Å². The van der Waals surface area contributed by atoms with E-state index in [1.807, 2.05) is 13.8 Å². The molecule has 0 amide bonds. The number of halogens is 1. The van der Waals surface area contributed by atoms with Crippen LogP contribution in [0, 0.1) is 11.8 Å². The lowest BCUT2D eigenvalue weighted by molar-refractivity contribution is -0.297. The molecule has 1 aliphatic rings. The van der Waals surface area contributed by atoms with Crippen molar-refractivity contribution >= 4 is 22.6 Å². The summed E-state index contributed by atoms with van der Waals surface area (Å²) >= 11 is 2.42. The molecule has 1 saturated heterocycles. The van der Waals surface area contributed by atoms with Crippen LogP contribution in [0.15, 0.2) is 0 Å². The van der Waals surface area contributed by atoms with Gasteiger partial charge in [-0.2, -0.15) is 0 Å². The average molecular weight is 298 g/mol. The molecule has 1 fully saturated rings. The first-order valence-electron chi connectivity index (χ1n) is 4.84. The van der Waals surface area contributed by atoms with Crippen molar-refractivity contribution in [3.63, 3.8) is 0 Å². The van der Waals surface area contributed by atoms with Gasteiger partial charge in [-0.05, 0) is 19.8 Å². The molecule has 0 spiro atoms. The van der Waals surface area contributed by atoms with Crippen LogP contribution in [0.3, 0.4) is 0 Å². The van der Waals surface area contributed by atoms with Crippen LogP contribution < -0.4 is 0 Å². The van der Waals surface area contributed by atoms with E-state index in [1.165, 1.54) is 0 Å². The van der Waals surface area contributed by atoms with Gasteiger partial charge in [-0.15, -0.1) is 0 Å². The molecule has 1 rings (SSSR count). The monoisotopic (exact) mass is 298 g/mol. The Morgan fingerprint density at radius 3 is 2.69 bits per heavy atom. The fourth-order valence-electron chi connectivity index (χ4n) is 1.67. The van der Waals surface area contributed by atoms with E-state index in [9.17, 15) is 0 Å². The summed E-state index contributed by atoms with van der Waals surface area (Å²) < 4.78 is 12.6. The van der Waals surface area contributed by atoms with Crippen LogP contribution in [0.4, 0.5) is 0 Å². The maximum atomic E-state index is 5.91. The fraction of sp³-hybridized carbons (Fsp3) is 1.00. The van der Waals surface area contributed by atoms with Gasteiger partial charge in [0.05, 0.1) is 12.7 Å². The highest BCUT2D eigenvalue weighted by Crippen LogP contribution is 2.30. The van der Waals surface area contributed by atoms with Crippen molar-refractivity contribution < 1.29 is 9.47 Å². The Labute approximate surface area is 94.5 Å². The molecule has 0 aromatic heterocycles. The van der Waals surface area contributed by atoms with Crippen molar-refractivity contribution in [2.75, 3.05) is 11.0 Å². The molecule has 3 atom stereocenters. The summed E-state index contributed by atoms with van der Waals surface area (Å²) in [5, 5.41) is 0. The minimum Gasteiger partial charge on any atom is -0.350 e. The van der Waals surface area contributed by atoms with Crippen molar-refractivity contribution in [2.45, 2.75) is 39.6 Å². The summed E-state index contributed by atoms with van der Waals surface area (Å²) in [6.07, 6.45) is 0.348. The Morgan fingerprint density at radius 2 is 2.15 bits per heavy atom. The topological polar surface area (TPSA) is 18.5 Å². The van der Waals surface area contributed by atoms with E-state index in [0.29, 0.717) is 17.9 Å². The van der Waals surface area contributed by atoms with Gasteiger partial charge in [-0.3, -0.25) is 0 Å². The number of hydrogen-bond donors (Lipinski definition) is 0. The van der Waals surface area contributed by atoms with Crippen molar-refractivity contribution in [1.82, 2.24) is 0 Å². The summed E-state index contributed by atoms with van der Waals surface area (Å²) in [6.45, 7) is 9.24. The second kappa shape index (κ2) is 4.45. The summed E-state index contributed by atoms with van der Waals surface area (Å²) in [5.41, 5.74) is 0. The molecule has 0 aromatic carbocycles. The largest absolute Gasteiger partial charge is 0.350 e. The average Bonchev–Trinajstić information content (AvgIpc) is 2.08. The Bertz CT molecular complexity index is 166. The molecule has 13 heavy (non-hydrogen) atoms. The van der Waals surface area contributed by atoms with Crippen LogP contribution in [0.1, 0.15) is 27.7 Å². The molecule has 3 heteroatoms. The van der Waals surface area contributed by atoms with Gasteiger partial charge in [-0.25, -0.2) is 0 Å². The van der Waals surface area contributed by atoms with Gasteiger partial charge in [0.1, 0.15) is 0 Å². The molecular weight excluding hydrogens is 279 g/mol. The third-order valence-corrected chi connectivity index (χ3v) is 3.87. The molecule has 0 saturated carbocycles. The first kappa shape index (κ1) is 11.7. The highest BCUT2D eigenvalue weighted by Gasteiger charge is 2.36. The molecule has 0 aromatic rings. The van der Waals surface area contributed by atoms with Gasteiger partial charge in [0.15, 0.2) is 5.79 Å². The number of rotatable bonds is 2. The van der Waals surface area contributed by atoms with E-state index in [4.69, 9.17) is 9.47 Å². The smallest absolute Gasteiger partial charge is 0.163 e. The van der Waals surface area contributed by atoms with Crippen molar-refractivity contribution in [2.24, 2.45) is 11.8 Å². The second-order valence-electron chi connectivity index (χ2n) is 4.40. The zero-order valence-electron chi connectivity index (χ0n) is 8.84. The number of ether oxygens (including phenoxy) is 2. The molecular formula is C10H19IO2. The maximum Gasteiger partial charge on any atom is 0.163 e. The highest BCUT2D eigenvalue weighted by molar-refractivity contribution is 14.1. The minimum atomic E-state index is -0.392. The Morgan fingerprint density at radius 1 is 1.54 bits per heavy atom. The minimum absolute atomic E-state index is 0.348. The molecule has 1 heterocycles. The molecule has 0 radical (unpaired) electrons. The lowest BCUT2D eigenvalue weighted by Crippen LogP contribution is -2.47. The predicted molar refractivity (Wildman–Crippen MR) is 62.1 cm³/mol. The van der Waals surface area contributed by atoms with Gasteiger partial charge < -0.3 is 9.47 Å². The first-order valence-corrected chi connectivity index (χ1v) is 6.36. The number of alkyl halides is 1. The van der Waals surface area contributed by atoms with Crippen molar-refractivity contribution in [1.29, 1.82) is 0 Å². The van der Waals surface area contributed by atoms with Gasteiger partial charge in [0.2, 0.25) is 0 Å². The van der Waals surface area contributed by atoms with Gasteiger partial charge >= 0.3 is 0 Å². The lowest BCUT2D eigenvalue weighted by Gasteiger charge is -2.42. The maximum absolute atomic E-state index is 5.91. The Hall–Kier alpha value is 0.650. The summed E-state index contributed by atoms with van der Waals surface area (Å²) in [7, 11) is 0. The van der Waals surface area contributed by atoms with Crippen LogP contribution in [-0.2, 0) is 9.47 Å². The zero-order chi connectivity index (χ0) is 10.1. The normalized spacial score (nSPS) is 35.8. The third-order valence-electron chi connectivity index (χ3n) is 2.48. The van der Waals surface area contributed by atoms with E-state index >= 15 is 0 Å². The van der Waals surface area contributed by atoms with Crippen molar-refractivity contribution in [3.05, 3.63) is 0 Å². The van der Waals surface area contributed by atoms with Crippen molar-refractivity contribution in [3.8, 4) is 0 Å². The van der Waals surface area contributed by atoms with E-state index in [1.54, 1.807) is 0 Å². The third kappa shape index (κ3) is 3.06. The van der Waals surface area contributed by atoms with E-state index < -0.39 is 5.79 Å². The summed E-state index contributed by atoms with van der Waals surface area (Å²) in [5.74, 6) is 0.730. The van der Waals surface area contributed by atoms with Crippen LogP contribution >= 0.6 is 22.6 Å². The molecule has 0 unspecified atom stereocenters. The molecule has 78 valence electrons. The van der Waals surface area contributed by atoms with Crippen LogP contribution in [0.2, 0.25) is 0 Å². The van der Waals surface area contributed by atoms with Crippen LogP contribution in [0.25, 0.3) is 0 Å². The molecule has 0 N–H and O–H groups in total.